The normalized spacial score (nSPS) is 19.5. The Hall–Kier alpha value is -1.92. The number of para-hydroxylation sites is 1. The van der Waals surface area contributed by atoms with Crippen molar-refractivity contribution in [3.05, 3.63) is 29.8 Å². The van der Waals surface area contributed by atoms with E-state index in [-0.39, 0.29) is 11.8 Å². The second-order valence-corrected chi connectivity index (χ2v) is 6.56. The van der Waals surface area contributed by atoms with E-state index < -0.39 is 5.41 Å². The van der Waals surface area contributed by atoms with Gasteiger partial charge < -0.3 is 15.4 Å². The second-order valence-electron chi connectivity index (χ2n) is 6.56. The molecule has 1 saturated carbocycles. The summed E-state index contributed by atoms with van der Waals surface area (Å²) < 4.78 is 5.31. The zero-order chi connectivity index (χ0) is 17.0. The molecule has 1 heterocycles. The Kier molecular flexibility index (Phi) is 5.16. The Morgan fingerprint density at radius 3 is 2.54 bits per heavy atom. The van der Waals surface area contributed by atoms with Gasteiger partial charge in [0.1, 0.15) is 5.41 Å². The topological polar surface area (TPSA) is 70.7 Å². The van der Waals surface area contributed by atoms with Crippen molar-refractivity contribution < 1.29 is 14.3 Å². The quantitative estimate of drug-likeness (QED) is 0.768. The average Bonchev–Trinajstić information content (AvgIpc) is 3.40. The van der Waals surface area contributed by atoms with Crippen LogP contribution < -0.4 is 10.6 Å². The smallest absolute Gasteiger partial charge is 0.240 e. The van der Waals surface area contributed by atoms with Crippen molar-refractivity contribution in [1.82, 2.24) is 10.2 Å². The molecule has 1 aromatic rings. The summed E-state index contributed by atoms with van der Waals surface area (Å²) in [6, 6.07) is 7.61. The van der Waals surface area contributed by atoms with Crippen LogP contribution >= 0.6 is 0 Å². The molecule has 0 unspecified atom stereocenters. The molecule has 2 N–H and O–H groups in total. The van der Waals surface area contributed by atoms with Gasteiger partial charge in [0.05, 0.1) is 13.2 Å². The van der Waals surface area contributed by atoms with E-state index in [1.807, 2.05) is 31.2 Å². The number of rotatable bonds is 6. The minimum absolute atomic E-state index is 0.151. The highest BCUT2D eigenvalue weighted by Gasteiger charge is 2.56. The van der Waals surface area contributed by atoms with Crippen LogP contribution in [0.3, 0.4) is 0 Å². The van der Waals surface area contributed by atoms with E-state index >= 15 is 0 Å². The van der Waals surface area contributed by atoms with Crippen LogP contribution in [0.5, 0.6) is 0 Å². The van der Waals surface area contributed by atoms with Crippen LogP contribution in [0.25, 0.3) is 0 Å². The van der Waals surface area contributed by atoms with Gasteiger partial charge in [-0.05, 0) is 31.4 Å². The summed E-state index contributed by atoms with van der Waals surface area (Å²) in [5.41, 5.74) is 0.886. The summed E-state index contributed by atoms with van der Waals surface area (Å²) in [5.74, 6) is -0.345. The predicted molar refractivity (Wildman–Crippen MR) is 91.7 cm³/mol. The van der Waals surface area contributed by atoms with Gasteiger partial charge in [0, 0.05) is 31.9 Å². The lowest BCUT2D eigenvalue weighted by atomic mass is 10.0. The number of carbonyl (C=O) groups is 2. The maximum atomic E-state index is 12.6. The minimum Gasteiger partial charge on any atom is -0.379 e. The van der Waals surface area contributed by atoms with Crippen LogP contribution in [0.4, 0.5) is 5.69 Å². The molecule has 0 atom stereocenters. The molecule has 0 spiro atoms. The Bertz CT molecular complexity index is 607. The Morgan fingerprint density at radius 2 is 1.88 bits per heavy atom. The van der Waals surface area contributed by atoms with Gasteiger partial charge in [-0.2, -0.15) is 0 Å². The van der Waals surface area contributed by atoms with Gasteiger partial charge in [0.25, 0.3) is 0 Å². The third kappa shape index (κ3) is 3.76. The summed E-state index contributed by atoms with van der Waals surface area (Å²) >= 11 is 0. The van der Waals surface area contributed by atoms with Gasteiger partial charge in [-0.25, -0.2) is 0 Å². The molecule has 3 rings (SSSR count). The number of nitrogens with one attached hydrogen (secondary N) is 2. The molecule has 1 aromatic carbocycles. The lowest BCUT2D eigenvalue weighted by molar-refractivity contribution is -0.134. The van der Waals surface area contributed by atoms with E-state index in [9.17, 15) is 9.59 Å². The van der Waals surface area contributed by atoms with E-state index in [2.05, 4.69) is 15.5 Å². The van der Waals surface area contributed by atoms with E-state index in [4.69, 9.17) is 4.74 Å². The largest absolute Gasteiger partial charge is 0.379 e. The average molecular weight is 331 g/mol. The SMILES string of the molecule is Cc1ccccc1NC(=O)C1(C(=O)NCCN2CCOCC2)CC1. The first-order valence-corrected chi connectivity index (χ1v) is 8.57. The number of nitrogens with zero attached hydrogens (tertiary/aromatic N) is 1. The third-order valence-corrected chi connectivity index (χ3v) is 4.83. The number of hydrogen-bond donors (Lipinski definition) is 2. The predicted octanol–water partition coefficient (Wildman–Crippen LogP) is 1.16. The summed E-state index contributed by atoms with van der Waals surface area (Å²) in [7, 11) is 0. The highest BCUT2D eigenvalue weighted by molar-refractivity contribution is 6.13. The molecule has 0 radical (unpaired) electrons. The van der Waals surface area contributed by atoms with Crippen molar-refractivity contribution >= 4 is 17.5 Å². The summed E-state index contributed by atoms with van der Waals surface area (Å²) in [6.07, 6.45) is 1.24. The zero-order valence-corrected chi connectivity index (χ0v) is 14.1. The minimum atomic E-state index is -0.882. The van der Waals surface area contributed by atoms with E-state index in [1.54, 1.807) is 0 Å². The van der Waals surface area contributed by atoms with Crippen molar-refractivity contribution in [2.45, 2.75) is 19.8 Å². The van der Waals surface area contributed by atoms with Crippen LogP contribution in [0.1, 0.15) is 18.4 Å². The van der Waals surface area contributed by atoms with Crippen LogP contribution in [-0.2, 0) is 14.3 Å². The fourth-order valence-electron chi connectivity index (χ4n) is 2.96. The second kappa shape index (κ2) is 7.32. The van der Waals surface area contributed by atoms with Gasteiger partial charge in [-0.3, -0.25) is 14.5 Å². The van der Waals surface area contributed by atoms with Crippen molar-refractivity contribution in [2.75, 3.05) is 44.7 Å². The molecular formula is C18H25N3O3. The Labute approximate surface area is 142 Å². The molecule has 6 nitrogen and oxygen atoms in total. The molecule has 0 aromatic heterocycles. The number of carbonyl (C=O) groups excluding carboxylic acids is 2. The zero-order valence-electron chi connectivity index (χ0n) is 14.1. The third-order valence-electron chi connectivity index (χ3n) is 4.83. The number of ether oxygens (including phenoxy) is 1. The molecule has 2 aliphatic rings. The number of hydrogen-bond acceptors (Lipinski definition) is 4. The number of anilines is 1. The maximum absolute atomic E-state index is 12.6. The van der Waals surface area contributed by atoms with E-state index in [0.717, 1.165) is 44.1 Å². The number of morpholine rings is 1. The first kappa shape index (κ1) is 16.9. The van der Waals surface area contributed by atoms with Crippen LogP contribution in [0.2, 0.25) is 0 Å². The van der Waals surface area contributed by atoms with Gasteiger partial charge in [-0.1, -0.05) is 18.2 Å². The summed E-state index contributed by atoms with van der Waals surface area (Å²) in [6.45, 7) is 6.59. The first-order chi connectivity index (χ1) is 11.6. The summed E-state index contributed by atoms with van der Waals surface area (Å²) in [4.78, 5) is 27.3. The first-order valence-electron chi connectivity index (χ1n) is 8.57. The number of amides is 2. The van der Waals surface area contributed by atoms with Crippen LogP contribution in [0.15, 0.2) is 24.3 Å². The maximum Gasteiger partial charge on any atom is 0.240 e. The molecule has 1 aliphatic heterocycles. The van der Waals surface area contributed by atoms with Crippen molar-refractivity contribution in [1.29, 1.82) is 0 Å². The molecular weight excluding hydrogens is 306 g/mol. The van der Waals surface area contributed by atoms with E-state index in [1.165, 1.54) is 0 Å². The molecule has 2 amide bonds. The molecule has 130 valence electrons. The summed E-state index contributed by atoms with van der Waals surface area (Å²) in [5, 5.41) is 5.84. The molecule has 6 heteroatoms. The molecule has 2 fully saturated rings. The van der Waals surface area contributed by atoms with E-state index in [0.29, 0.717) is 19.4 Å². The van der Waals surface area contributed by atoms with Crippen molar-refractivity contribution in [3.63, 3.8) is 0 Å². The standard InChI is InChI=1S/C18H25N3O3/c1-14-4-2-3-5-15(14)20-17(23)18(6-7-18)16(22)19-8-9-21-10-12-24-13-11-21/h2-5H,6-13H2,1H3,(H,19,22)(H,20,23). The van der Waals surface area contributed by atoms with Gasteiger partial charge in [-0.15, -0.1) is 0 Å². The fourth-order valence-corrected chi connectivity index (χ4v) is 2.96. The molecule has 24 heavy (non-hydrogen) atoms. The monoisotopic (exact) mass is 331 g/mol. The molecule has 0 bridgehead atoms. The van der Waals surface area contributed by atoms with Crippen LogP contribution in [0, 0.1) is 12.3 Å². The lowest BCUT2D eigenvalue weighted by Gasteiger charge is -2.26. The number of benzene rings is 1. The van der Waals surface area contributed by atoms with Gasteiger partial charge in [0.2, 0.25) is 11.8 Å². The highest BCUT2D eigenvalue weighted by atomic mass is 16.5. The van der Waals surface area contributed by atoms with Gasteiger partial charge >= 0.3 is 0 Å². The molecule has 1 saturated heterocycles. The van der Waals surface area contributed by atoms with Crippen LogP contribution in [-0.4, -0.2) is 56.1 Å². The van der Waals surface area contributed by atoms with Gasteiger partial charge in [0.15, 0.2) is 0 Å². The Morgan fingerprint density at radius 1 is 1.17 bits per heavy atom. The molecule has 1 aliphatic carbocycles. The Balaban J connectivity index is 1.50. The highest BCUT2D eigenvalue weighted by Crippen LogP contribution is 2.46. The van der Waals surface area contributed by atoms with Crippen molar-refractivity contribution in [2.24, 2.45) is 5.41 Å². The fraction of sp³-hybridized carbons (Fsp3) is 0.556. The lowest BCUT2D eigenvalue weighted by Crippen LogP contribution is -2.45. The number of aryl methyl sites for hydroxylation is 1. The van der Waals surface area contributed by atoms with Crippen molar-refractivity contribution in [3.8, 4) is 0 Å².